The van der Waals surface area contributed by atoms with Gasteiger partial charge in [0.25, 0.3) is 5.56 Å². The smallest absolute Gasteiger partial charge is 0.327 e. The monoisotopic (exact) mass is 345 g/mol. The third kappa shape index (κ3) is 2.04. The molecule has 122 valence electrons. The van der Waals surface area contributed by atoms with E-state index in [1.807, 2.05) is 6.92 Å². The SMILES string of the molecule is Cc1[nH]nc2c1[C@H](c1cc(Cl)ccc1O)c1c([nH]c(=O)[nH]c1=O)N2. The average molecular weight is 346 g/mol. The first-order valence-electron chi connectivity index (χ1n) is 7.12. The molecule has 0 amide bonds. The van der Waals surface area contributed by atoms with E-state index in [9.17, 15) is 14.7 Å². The van der Waals surface area contributed by atoms with Gasteiger partial charge in [-0.05, 0) is 25.1 Å². The number of hydrogen-bond acceptors (Lipinski definition) is 5. The minimum Gasteiger partial charge on any atom is -0.508 e. The number of H-pyrrole nitrogens is 3. The van der Waals surface area contributed by atoms with Crippen molar-refractivity contribution in [2.45, 2.75) is 12.8 Å². The number of nitrogens with one attached hydrogen (secondary N) is 4. The molecule has 0 unspecified atom stereocenters. The van der Waals surface area contributed by atoms with Gasteiger partial charge in [0.1, 0.15) is 11.6 Å². The molecule has 3 heterocycles. The number of aromatic nitrogens is 4. The Labute approximate surface area is 139 Å². The molecule has 0 radical (unpaired) electrons. The van der Waals surface area contributed by atoms with E-state index in [0.29, 0.717) is 22.0 Å². The fraction of sp³-hybridized carbons (Fsp3) is 0.133. The molecule has 5 N–H and O–H groups in total. The quantitative estimate of drug-likeness (QED) is 0.359. The van der Waals surface area contributed by atoms with Crippen LogP contribution >= 0.6 is 11.6 Å². The molecule has 0 spiro atoms. The number of anilines is 2. The van der Waals surface area contributed by atoms with Crippen LogP contribution in [0.4, 0.5) is 11.6 Å². The predicted molar refractivity (Wildman–Crippen MR) is 88.4 cm³/mol. The van der Waals surface area contributed by atoms with Crippen LogP contribution < -0.4 is 16.6 Å². The molecule has 24 heavy (non-hydrogen) atoms. The Hall–Kier alpha value is -3.00. The number of aryl methyl sites for hydroxylation is 1. The minimum absolute atomic E-state index is 0.00519. The van der Waals surface area contributed by atoms with Crippen molar-refractivity contribution >= 4 is 23.2 Å². The average Bonchev–Trinajstić information content (AvgIpc) is 2.88. The van der Waals surface area contributed by atoms with Gasteiger partial charge in [0.2, 0.25) is 0 Å². The molecule has 0 aliphatic carbocycles. The molecule has 8 nitrogen and oxygen atoms in total. The van der Waals surface area contributed by atoms with Crippen molar-refractivity contribution < 1.29 is 5.11 Å². The third-order valence-corrected chi connectivity index (χ3v) is 4.33. The lowest BCUT2D eigenvalue weighted by atomic mass is 9.83. The number of nitrogens with zero attached hydrogens (tertiary/aromatic N) is 1. The van der Waals surface area contributed by atoms with Crippen molar-refractivity contribution in [3.8, 4) is 5.75 Å². The topological polar surface area (TPSA) is 127 Å². The van der Waals surface area contributed by atoms with E-state index in [-0.39, 0.29) is 17.1 Å². The van der Waals surface area contributed by atoms with Crippen LogP contribution in [-0.2, 0) is 0 Å². The molecular formula is C15H12ClN5O3. The number of aromatic amines is 3. The van der Waals surface area contributed by atoms with Crippen LogP contribution in [0.2, 0.25) is 5.02 Å². The summed E-state index contributed by atoms with van der Waals surface area (Å²) < 4.78 is 0. The second kappa shape index (κ2) is 5.00. The fourth-order valence-electron chi connectivity index (χ4n) is 3.09. The largest absolute Gasteiger partial charge is 0.508 e. The van der Waals surface area contributed by atoms with Gasteiger partial charge >= 0.3 is 5.69 Å². The maximum atomic E-state index is 12.4. The number of phenolic OH excluding ortho intramolecular Hbond substituents is 1. The van der Waals surface area contributed by atoms with Gasteiger partial charge in [-0.15, -0.1) is 0 Å². The maximum Gasteiger partial charge on any atom is 0.327 e. The summed E-state index contributed by atoms with van der Waals surface area (Å²) in [6, 6.07) is 4.62. The molecule has 0 saturated carbocycles. The van der Waals surface area contributed by atoms with Crippen molar-refractivity contribution in [3.05, 3.63) is 66.4 Å². The van der Waals surface area contributed by atoms with Crippen LogP contribution in [-0.4, -0.2) is 25.3 Å². The molecule has 0 bridgehead atoms. The van der Waals surface area contributed by atoms with Crippen molar-refractivity contribution in [1.29, 1.82) is 0 Å². The van der Waals surface area contributed by atoms with E-state index in [2.05, 4.69) is 25.5 Å². The zero-order valence-corrected chi connectivity index (χ0v) is 13.2. The number of halogens is 1. The number of benzene rings is 1. The molecule has 0 fully saturated rings. The van der Waals surface area contributed by atoms with Crippen molar-refractivity contribution in [2.75, 3.05) is 5.32 Å². The van der Waals surface area contributed by atoms with Gasteiger partial charge in [0, 0.05) is 21.8 Å². The summed E-state index contributed by atoms with van der Waals surface area (Å²) >= 11 is 6.08. The lowest BCUT2D eigenvalue weighted by Gasteiger charge is -2.26. The molecule has 1 aliphatic rings. The second-order valence-corrected chi connectivity index (χ2v) is 6.01. The molecule has 0 saturated heterocycles. The first-order valence-corrected chi connectivity index (χ1v) is 7.50. The van der Waals surface area contributed by atoms with Crippen LogP contribution in [0.5, 0.6) is 5.75 Å². The standard InChI is InChI=1S/C15H12ClN5O3/c1-5-9-10(7-4-6(16)2-3-8(7)22)11-12(17-13(9)21-20-5)18-15(24)19-14(11)23/h2-4,10,22H,1H3,(H4,17,18,19,20,21,23,24)/t10-/m0/s1. The van der Waals surface area contributed by atoms with Gasteiger partial charge in [0.15, 0.2) is 5.82 Å². The van der Waals surface area contributed by atoms with Gasteiger partial charge in [-0.1, -0.05) is 11.6 Å². The lowest BCUT2D eigenvalue weighted by Crippen LogP contribution is -2.31. The zero-order chi connectivity index (χ0) is 17.0. The zero-order valence-electron chi connectivity index (χ0n) is 12.4. The number of phenols is 1. The number of fused-ring (bicyclic) bond motifs is 2. The van der Waals surface area contributed by atoms with Gasteiger partial charge < -0.3 is 10.4 Å². The molecule has 1 aliphatic heterocycles. The number of aromatic hydroxyl groups is 1. The van der Waals surface area contributed by atoms with E-state index >= 15 is 0 Å². The molecular weight excluding hydrogens is 334 g/mol. The van der Waals surface area contributed by atoms with E-state index in [0.717, 1.165) is 5.69 Å². The van der Waals surface area contributed by atoms with Crippen LogP contribution in [0, 0.1) is 6.92 Å². The van der Waals surface area contributed by atoms with Crippen molar-refractivity contribution in [1.82, 2.24) is 20.2 Å². The Bertz CT molecular complexity index is 1080. The molecule has 1 atom stereocenters. The highest BCUT2D eigenvalue weighted by Gasteiger charge is 2.35. The highest BCUT2D eigenvalue weighted by molar-refractivity contribution is 6.30. The maximum absolute atomic E-state index is 12.4. The van der Waals surface area contributed by atoms with Crippen LogP contribution in [0.15, 0.2) is 27.8 Å². The van der Waals surface area contributed by atoms with Gasteiger partial charge in [0.05, 0.1) is 11.5 Å². The summed E-state index contributed by atoms with van der Waals surface area (Å²) in [7, 11) is 0. The summed E-state index contributed by atoms with van der Waals surface area (Å²) in [5, 5.41) is 20.7. The fourth-order valence-corrected chi connectivity index (χ4v) is 3.27. The van der Waals surface area contributed by atoms with Crippen molar-refractivity contribution in [3.63, 3.8) is 0 Å². The first kappa shape index (κ1) is 14.6. The van der Waals surface area contributed by atoms with Crippen LogP contribution in [0.1, 0.15) is 28.3 Å². The minimum atomic E-state index is -0.630. The van der Waals surface area contributed by atoms with Crippen molar-refractivity contribution in [2.24, 2.45) is 0 Å². The normalized spacial score (nSPS) is 15.5. The Morgan fingerprint density at radius 2 is 2.00 bits per heavy atom. The van der Waals surface area contributed by atoms with E-state index in [1.165, 1.54) is 6.07 Å². The molecule has 3 aromatic rings. The van der Waals surface area contributed by atoms with E-state index in [4.69, 9.17) is 11.6 Å². The molecule has 9 heteroatoms. The third-order valence-electron chi connectivity index (χ3n) is 4.10. The Kier molecular flexibility index (Phi) is 3.04. The number of rotatable bonds is 1. The highest BCUT2D eigenvalue weighted by Crippen LogP contribution is 2.45. The van der Waals surface area contributed by atoms with E-state index < -0.39 is 17.2 Å². The first-order chi connectivity index (χ1) is 11.5. The van der Waals surface area contributed by atoms with Crippen LogP contribution in [0.3, 0.4) is 0 Å². The summed E-state index contributed by atoms with van der Waals surface area (Å²) in [6.45, 7) is 1.81. The number of hydrogen-bond donors (Lipinski definition) is 5. The molecule has 2 aromatic heterocycles. The van der Waals surface area contributed by atoms with E-state index in [1.54, 1.807) is 12.1 Å². The Morgan fingerprint density at radius 1 is 1.21 bits per heavy atom. The Morgan fingerprint density at radius 3 is 2.79 bits per heavy atom. The summed E-state index contributed by atoms with van der Waals surface area (Å²) in [4.78, 5) is 28.8. The van der Waals surface area contributed by atoms with Crippen LogP contribution in [0.25, 0.3) is 0 Å². The lowest BCUT2D eigenvalue weighted by molar-refractivity contribution is 0.467. The van der Waals surface area contributed by atoms with Gasteiger partial charge in [-0.2, -0.15) is 5.10 Å². The molecule has 1 aromatic carbocycles. The highest BCUT2D eigenvalue weighted by atomic mass is 35.5. The second-order valence-electron chi connectivity index (χ2n) is 5.57. The molecule has 4 rings (SSSR count). The Balaban J connectivity index is 2.10. The van der Waals surface area contributed by atoms with Gasteiger partial charge in [-0.25, -0.2) is 4.79 Å². The summed E-state index contributed by atoms with van der Waals surface area (Å²) in [5.41, 5.74) is 1.00. The van der Waals surface area contributed by atoms with Gasteiger partial charge in [-0.3, -0.25) is 19.9 Å². The predicted octanol–water partition coefficient (Wildman–Crippen LogP) is 1.69. The summed E-state index contributed by atoms with van der Waals surface area (Å²) in [5.74, 6) is 0.0847. The summed E-state index contributed by atoms with van der Waals surface area (Å²) in [6.07, 6.45) is 0.